The van der Waals surface area contributed by atoms with E-state index in [9.17, 15) is 4.79 Å². The minimum Gasteiger partial charge on any atom is -0.368 e. The van der Waals surface area contributed by atoms with Gasteiger partial charge in [-0.3, -0.25) is 4.79 Å². The molecule has 0 aromatic heterocycles. The van der Waals surface area contributed by atoms with E-state index < -0.39 is 5.54 Å². The molecular weight excluding hydrogens is 176 g/mol. The van der Waals surface area contributed by atoms with Gasteiger partial charge in [0.05, 0.1) is 5.54 Å². The van der Waals surface area contributed by atoms with Crippen molar-refractivity contribution in [3.8, 4) is 0 Å². The third kappa shape index (κ3) is 3.92. The Labute approximate surface area is 86.8 Å². The fourth-order valence-corrected chi connectivity index (χ4v) is 1.30. The number of primary amides is 1. The number of nitrogens with two attached hydrogens (primary N) is 1. The highest BCUT2D eigenvalue weighted by atomic mass is 16.1. The van der Waals surface area contributed by atoms with Crippen LogP contribution in [0.5, 0.6) is 0 Å². The largest absolute Gasteiger partial charge is 0.368 e. The van der Waals surface area contributed by atoms with Crippen molar-refractivity contribution in [1.29, 1.82) is 0 Å². The standard InChI is InChI=1S/C11H22N2O/c1-5-7-8-11(4,10(12)14)13-9(3)6-2/h5,9,13H,1,6-8H2,2-4H3,(H2,12,14). The van der Waals surface area contributed by atoms with E-state index in [2.05, 4.69) is 25.7 Å². The van der Waals surface area contributed by atoms with E-state index in [1.165, 1.54) is 0 Å². The van der Waals surface area contributed by atoms with Gasteiger partial charge in [-0.15, -0.1) is 6.58 Å². The van der Waals surface area contributed by atoms with Crippen molar-refractivity contribution >= 4 is 5.91 Å². The van der Waals surface area contributed by atoms with Crippen molar-refractivity contribution in [2.75, 3.05) is 0 Å². The molecule has 0 aromatic rings. The SMILES string of the molecule is C=CCCC(C)(NC(C)CC)C(N)=O. The fraction of sp³-hybridized carbons (Fsp3) is 0.727. The summed E-state index contributed by atoms with van der Waals surface area (Å²) in [4.78, 5) is 11.3. The molecule has 0 aliphatic carbocycles. The van der Waals surface area contributed by atoms with Gasteiger partial charge in [-0.1, -0.05) is 13.0 Å². The van der Waals surface area contributed by atoms with Crippen LogP contribution in [0.4, 0.5) is 0 Å². The molecule has 3 nitrogen and oxygen atoms in total. The van der Waals surface area contributed by atoms with Gasteiger partial charge in [0, 0.05) is 6.04 Å². The maximum atomic E-state index is 11.3. The van der Waals surface area contributed by atoms with E-state index in [0.29, 0.717) is 12.5 Å². The molecule has 0 radical (unpaired) electrons. The average molecular weight is 198 g/mol. The summed E-state index contributed by atoms with van der Waals surface area (Å²) in [7, 11) is 0. The summed E-state index contributed by atoms with van der Waals surface area (Å²) in [5, 5.41) is 3.25. The molecular formula is C11H22N2O. The Kier molecular flexibility index (Phi) is 5.46. The van der Waals surface area contributed by atoms with Gasteiger partial charge in [0.25, 0.3) is 0 Å². The number of carbonyl (C=O) groups is 1. The Morgan fingerprint density at radius 1 is 1.71 bits per heavy atom. The zero-order chi connectivity index (χ0) is 11.2. The number of carbonyl (C=O) groups excluding carboxylic acids is 1. The Bertz CT molecular complexity index is 203. The first-order chi connectivity index (χ1) is 6.46. The highest BCUT2D eigenvalue weighted by molar-refractivity contribution is 5.84. The van der Waals surface area contributed by atoms with Crippen molar-refractivity contribution < 1.29 is 4.79 Å². The summed E-state index contributed by atoms with van der Waals surface area (Å²) in [6.45, 7) is 9.62. The van der Waals surface area contributed by atoms with E-state index in [-0.39, 0.29) is 5.91 Å². The van der Waals surface area contributed by atoms with Crippen molar-refractivity contribution in [3.63, 3.8) is 0 Å². The van der Waals surface area contributed by atoms with E-state index in [4.69, 9.17) is 5.73 Å². The summed E-state index contributed by atoms with van der Waals surface area (Å²) >= 11 is 0. The van der Waals surface area contributed by atoms with E-state index in [0.717, 1.165) is 12.8 Å². The molecule has 0 aliphatic heterocycles. The van der Waals surface area contributed by atoms with Crippen LogP contribution in [0.3, 0.4) is 0 Å². The lowest BCUT2D eigenvalue weighted by Crippen LogP contribution is -2.55. The van der Waals surface area contributed by atoms with Crippen molar-refractivity contribution in [2.24, 2.45) is 5.73 Å². The van der Waals surface area contributed by atoms with Crippen LogP contribution in [-0.2, 0) is 4.79 Å². The normalized spacial score (nSPS) is 17.1. The zero-order valence-corrected chi connectivity index (χ0v) is 9.47. The molecule has 2 unspecified atom stereocenters. The summed E-state index contributed by atoms with van der Waals surface area (Å²) in [5.74, 6) is -0.292. The second kappa shape index (κ2) is 5.81. The number of hydrogen-bond donors (Lipinski definition) is 2. The van der Waals surface area contributed by atoms with Crippen LogP contribution in [0.2, 0.25) is 0 Å². The van der Waals surface area contributed by atoms with Crippen molar-refractivity contribution in [3.05, 3.63) is 12.7 Å². The molecule has 0 bridgehead atoms. The molecule has 3 heteroatoms. The number of amides is 1. The average Bonchev–Trinajstić information content (AvgIpc) is 2.14. The van der Waals surface area contributed by atoms with Crippen LogP contribution in [-0.4, -0.2) is 17.5 Å². The third-order valence-corrected chi connectivity index (χ3v) is 2.57. The molecule has 0 rings (SSSR count). The predicted molar refractivity (Wildman–Crippen MR) is 59.9 cm³/mol. The van der Waals surface area contributed by atoms with E-state index >= 15 is 0 Å². The minimum atomic E-state index is -0.608. The van der Waals surface area contributed by atoms with Crippen molar-refractivity contribution in [1.82, 2.24) is 5.32 Å². The third-order valence-electron chi connectivity index (χ3n) is 2.57. The summed E-state index contributed by atoms with van der Waals surface area (Å²) < 4.78 is 0. The Morgan fingerprint density at radius 2 is 2.29 bits per heavy atom. The summed E-state index contributed by atoms with van der Waals surface area (Å²) in [6.07, 6.45) is 4.29. The van der Waals surface area contributed by atoms with E-state index in [1.807, 2.05) is 6.92 Å². The van der Waals surface area contributed by atoms with Gasteiger partial charge in [0.15, 0.2) is 0 Å². The van der Waals surface area contributed by atoms with Gasteiger partial charge in [-0.05, 0) is 33.1 Å². The highest BCUT2D eigenvalue weighted by Crippen LogP contribution is 2.14. The monoisotopic (exact) mass is 198 g/mol. The van der Waals surface area contributed by atoms with Gasteiger partial charge < -0.3 is 11.1 Å². The van der Waals surface area contributed by atoms with Crippen LogP contribution in [0, 0.1) is 0 Å². The van der Waals surface area contributed by atoms with Gasteiger partial charge >= 0.3 is 0 Å². The molecule has 3 N–H and O–H groups in total. The van der Waals surface area contributed by atoms with Gasteiger partial charge in [-0.2, -0.15) is 0 Å². The Hall–Kier alpha value is -0.830. The topological polar surface area (TPSA) is 55.1 Å². The predicted octanol–water partition coefficient (Wildman–Crippen LogP) is 1.58. The summed E-state index contributed by atoms with van der Waals surface area (Å²) in [6, 6.07) is 0.303. The number of allylic oxidation sites excluding steroid dienone is 1. The summed E-state index contributed by atoms with van der Waals surface area (Å²) in [5.41, 5.74) is 4.77. The molecule has 0 spiro atoms. The lowest BCUT2D eigenvalue weighted by Gasteiger charge is -2.30. The number of rotatable bonds is 7. The molecule has 0 aromatic carbocycles. The van der Waals surface area contributed by atoms with Crippen LogP contribution in [0.1, 0.15) is 40.0 Å². The molecule has 82 valence electrons. The minimum absolute atomic E-state index is 0.292. The maximum Gasteiger partial charge on any atom is 0.237 e. The molecule has 14 heavy (non-hydrogen) atoms. The van der Waals surface area contributed by atoms with Crippen LogP contribution < -0.4 is 11.1 Å². The Morgan fingerprint density at radius 3 is 2.64 bits per heavy atom. The van der Waals surface area contributed by atoms with Gasteiger partial charge in [-0.25, -0.2) is 0 Å². The fourth-order valence-electron chi connectivity index (χ4n) is 1.30. The number of hydrogen-bond acceptors (Lipinski definition) is 2. The first-order valence-electron chi connectivity index (χ1n) is 5.14. The first-order valence-corrected chi connectivity index (χ1v) is 5.14. The Balaban J connectivity index is 4.38. The molecule has 2 atom stereocenters. The molecule has 0 heterocycles. The molecule has 0 aliphatic rings. The lowest BCUT2D eigenvalue weighted by atomic mass is 9.93. The van der Waals surface area contributed by atoms with Gasteiger partial charge in [0.1, 0.15) is 0 Å². The van der Waals surface area contributed by atoms with Crippen LogP contribution in [0.25, 0.3) is 0 Å². The van der Waals surface area contributed by atoms with Gasteiger partial charge in [0.2, 0.25) is 5.91 Å². The quantitative estimate of drug-likeness (QED) is 0.610. The van der Waals surface area contributed by atoms with E-state index in [1.54, 1.807) is 6.08 Å². The molecule has 0 saturated heterocycles. The number of nitrogens with one attached hydrogen (secondary N) is 1. The maximum absolute atomic E-state index is 11.3. The zero-order valence-electron chi connectivity index (χ0n) is 9.47. The molecule has 1 amide bonds. The second-order valence-corrected chi connectivity index (χ2v) is 3.98. The molecule has 0 saturated carbocycles. The lowest BCUT2D eigenvalue weighted by molar-refractivity contribution is -0.124. The smallest absolute Gasteiger partial charge is 0.237 e. The van der Waals surface area contributed by atoms with Crippen molar-refractivity contribution in [2.45, 2.75) is 51.6 Å². The first kappa shape index (κ1) is 13.2. The highest BCUT2D eigenvalue weighted by Gasteiger charge is 2.30. The molecule has 0 fully saturated rings. The van der Waals surface area contributed by atoms with Crippen LogP contribution >= 0.6 is 0 Å². The second-order valence-electron chi connectivity index (χ2n) is 3.98. The van der Waals surface area contributed by atoms with Crippen LogP contribution in [0.15, 0.2) is 12.7 Å².